The number of benzene rings is 3. The summed E-state index contributed by atoms with van der Waals surface area (Å²) in [5, 5.41) is 8.22. The lowest BCUT2D eigenvalue weighted by Crippen LogP contribution is -2.15. The van der Waals surface area contributed by atoms with Crippen LogP contribution < -0.4 is 10.1 Å². The maximum absolute atomic E-state index is 12.6. The van der Waals surface area contributed by atoms with E-state index in [0.29, 0.717) is 36.0 Å². The van der Waals surface area contributed by atoms with Crippen molar-refractivity contribution in [2.45, 2.75) is 12.8 Å². The van der Waals surface area contributed by atoms with Gasteiger partial charge in [0.1, 0.15) is 11.6 Å². The Labute approximate surface area is 186 Å². The fraction of sp³-hybridized carbons (Fsp3) is 0.120. The number of nitrogens with zero attached hydrogens (tertiary/aromatic N) is 2. The summed E-state index contributed by atoms with van der Waals surface area (Å²) in [7, 11) is 0. The van der Waals surface area contributed by atoms with Gasteiger partial charge in [-0.05, 0) is 30.7 Å². The molecule has 0 aliphatic heterocycles. The third-order valence-electron chi connectivity index (χ3n) is 4.69. The lowest BCUT2D eigenvalue weighted by molar-refractivity contribution is -0.116. The minimum atomic E-state index is -0.107. The Kier molecular flexibility index (Phi) is 6.65. The van der Waals surface area contributed by atoms with Crippen LogP contribution in [0.4, 0.5) is 5.82 Å². The number of hydrogen-bond acceptors (Lipinski definition) is 3. The Morgan fingerprint density at radius 3 is 2.35 bits per heavy atom. The molecule has 0 aliphatic carbocycles. The molecule has 0 radical (unpaired) electrons. The first-order chi connectivity index (χ1) is 15.2. The number of anilines is 1. The highest BCUT2D eigenvalue weighted by atomic mass is 35.5. The van der Waals surface area contributed by atoms with E-state index in [1.807, 2.05) is 84.9 Å². The van der Waals surface area contributed by atoms with Crippen LogP contribution in [0.5, 0.6) is 5.75 Å². The average molecular weight is 432 g/mol. The lowest BCUT2D eigenvalue weighted by atomic mass is 10.1. The molecule has 1 aromatic heterocycles. The van der Waals surface area contributed by atoms with Crippen molar-refractivity contribution in [1.29, 1.82) is 0 Å². The lowest BCUT2D eigenvalue weighted by Gasteiger charge is -2.10. The molecule has 3 aromatic carbocycles. The zero-order valence-corrected chi connectivity index (χ0v) is 17.6. The molecule has 156 valence electrons. The van der Waals surface area contributed by atoms with Crippen LogP contribution in [0.15, 0.2) is 91.0 Å². The summed E-state index contributed by atoms with van der Waals surface area (Å²) in [6.45, 7) is 0.469. The molecule has 1 amide bonds. The van der Waals surface area contributed by atoms with Crippen LogP contribution in [0.1, 0.15) is 12.8 Å². The van der Waals surface area contributed by atoms with Crippen molar-refractivity contribution in [3.63, 3.8) is 0 Å². The van der Waals surface area contributed by atoms with Crippen molar-refractivity contribution in [1.82, 2.24) is 9.78 Å². The summed E-state index contributed by atoms with van der Waals surface area (Å²) in [5.41, 5.74) is 2.41. The van der Waals surface area contributed by atoms with Gasteiger partial charge in [0.15, 0.2) is 0 Å². The van der Waals surface area contributed by atoms with E-state index >= 15 is 0 Å². The van der Waals surface area contributed by atoms with Crippen molar-refractivity contribution in [3.05, 3.63) is 96.0 Å². The number of rotatable bonds is 8. The molecule has 0 atom stereocenters. The van der Waals surface area contributed by atoms with Crippen LogP contribution in [0.25, 0.3) is 16.9 Å². The van der Waals surface area contributed by atoms with E-state index in [1.54, 1.807) is 10.7 Å². The zero-order valence-electron chi connectivity index (χ0n) is 16.9. The van der Waals surface area contributed by atoms with E-state index in [0.717, 1.165) is 17.0 Å². The average Bonchev–Trinajstić information content (AvgIpc) is 3.22. The van der Waals surface area contributed by atoms with Crippen molar-refractivity contribution < 1.29 is 9.53 Å². The van der Waals surface area contributed by atoms with Crippen LogP contribution in [0.2, 0.25) is 5.02 Å². The number of halogens is 1. The molecule has 0 bridgehead atoms. The van der Waals surface area contributed by atoms with Crippen molar-refractivity contribution >= 4 is 23.3 Å². The molecule has 0 fully saturated rings. The van der Waals surface area contributed by atoms with E-state index in [9.17, 15) is 4.79 Å². The normalized spacial score (nSPS) is 10.6. The number of carbonyl (C=O) groups excluding carboxylic acids is 1. The first-order valence-corrected chi connectivity index (χ1v) is 10.5. The van der Waals surface area contributed by atoms with Gasteiger partial charge in [0, 0.05) is 18.1 Å². The Morgan fingerprint density at radius 1 is 0.935 bits per heavy atom. The van der Waals surface area contributed by atoms with Gasteiger partial charge in [-0.15, -0.1) is 0 Å². The Morgan fingerprint density at radius 2 is 1.61 bits per heavy atom. The standard InChI is InChI=1S/C25H22ClN3O2/c26-21-14-7-8-15-23(21)29-24(18-22(28-29)19-10-3-1-4-11-19)27-25(30)16-9-17-31-20-12-5-2-6-13-20/h1-8,10-15,18H,9,16-17H2,(H,27,30). The Bertz CT molecular complexity index is 1140. The van der Waals surface area contributed by atoms with Gasteiger partial charge in [-0.1, -0.05) is 72.3 Å². The SMILES string of the molecule is O=C(CCCOc1ccccc1)Nc1cc(-c2ccccc2)nn1-c1ccccc1Cl. The van der Waals surface area contributed by atoms with Gasteiger partial charge in [-0.3, -0.25) is 4.79 Å². The minimum Gasteiger partial charge on any atom is -0.494 e. The van der Waals surface area contributed by atoms with E-state index in [2.05, 4.69) is 5.32 Å². The molecule has 5 nitrogen and oxygen atoms in total. The number of amides is 1. The Hall–Kier alpha value is -3.57. The van der Waals surface area contributed by atoms with Crippen LogP contribution >= 0.6 is 11.6 Å². The molecule has 4 aromatic rings. The second-order valence-corrected chi connectivity index (χ2v) is 7.36. The van der Waals surface area contributed by atoms with Gasteiger partial charge in [-0.25, -0.2) is 4.68 Å². The van der Waals surface area contributed by atoms with Crippen molar-refractivity contribution in [2.24, 2.45) is 0 Å². The molecule has 0 saturated heterocycles. The summed E-state index contributed by atoms with van der Waals surface area (Å²) in [4.78, 5) is 12.6. The Balaban J connectivity index is 1.48. The minimum absolute atomic E-state index is 0.107. The quantitative estimate of drug-likeness (QED) is 0.348. The number of nitrogens with one attached hydrogen (secondary N) is 1. The maximum atomic E-state index is 12.6. The number of aromatic nitrogens is 2. The van der Waals surface area contributed by atoms with Crippen LogP contribution in [0.3, 0.4) is 0 Å². The molecular weight excluding hydrogens is 410 g/mol. The highest BCUT2D eigenvalue weighted by Gasteiger charge is 2.15. The molecule has 0 spiro atoms. The van der Waals surface area contributed by atoms with Crippen LogP contribution in [0, 0.1) is 0 Å². The summed E-state index contributed by atoms with van der Waals surface area (Å²) in [6.07, 6.45) is 0.938. The molecule has 31 heavy (non-hydrogen) atoms. The molecule has 0 unspecified atom stereocenters. The van der Waals surface area contributed by atoms with E-state index in [-0.39, 0.29) is 5.91 Å². The molecule has 0 aliphatic rings. The third-order valence-corrected chi connectivity index (χ3v) is 5.01. The monoisotopic (exact) mass is 431 g/mol. The predicted octanol–water partition coefficient (Wildman–Crippen LogP) is 5.99. The van der Waals surface area contributed by atoms with E-state index < -0.39 is 0 Å². The number of ether oxygens (including phenoxy) is 1. The molecular formula is C25H22ClN3O2. The van der Waals surface area contributed by atoms with Gasteiger partial charge in [0.05, 0.1) is 23.0 Å². The smallest absolute Gasteiger partial charge is 0.225 e. The first kappa shape index (κ1) is 20.7. The van der Waals surface area contributed by atoms with Gasteiger partial charge < -0.3 is 10.1 Å². The summed E-state index contributed by atoms with van der Waals surface area (Å²) in [6, 6.07) is 28.7. The fourth-order valence-electron chi connectivity index (χ4n) is 3.17. The molecule has 4 rings (SSSR count). The van der Waals surface area contributed by atoms with Gasteiger partial charge >= 0.3 is 0 Å². The summed E-state index contributed by atoms with van der Waals surface area (Å²) >= 11 is 6.39. The maximum Gasteiger partial charge on any atom is 0.225 e. The van der Waals surface area contributed by atoms with Crippen molar-refractivity contribution in [3.8, 4) is 22.7 Å². The van der Waals surface area contributed by atoms with Crippen LogP contribution in [-0.2, 0) is 4.79 Å². The largest absolute Gasteiger partial charge is 0.494 e. The number of para-hydroxylation sites is 2. The zero-order chi connectivity index (χ0) is 21.5. The highest BCUT2D eigenvalue weighted by molar-refractivity contribution is 6.32. The second kappa shape index (κ2) is 9.96. The topological polar surface area (TPSA) is 56.1 Å². The highest BCUT2D eigenvalue weighted by Crippen LogP contribution is 2.28. The number of carbonyl (C=O) groups is 1. The molecule has 1 heterocycles. The summed E-state index contributed by atoms with van der Waals surface area (Å²) < 4.78 is 7.33. The van der Waals surface area contributed by atoms with Gasteiger partial charge in [-0.2, -0.15) is 5.10 Å². The third kappa shape index (κ3) is 5.32. The number of hydrogen-bond donors (Lipinski definition) is 1. The molecule has 0 saturated carbocycles. The first-order valence-electron chi connectivity index (χ1n) is 10.1. The van der Waals surface area contributed by atoms with Gasteiger partial charge in [0.2, 0.25) is 5.91 Å². The second-order valence-electron chi connectivity index (χ2n) is 6.96. The van der Waals surface area contributed by atoms with Crippen molar-refractivity contribution in [2.75, 3.05) is 11.9 Å². The molecule has 1 N–H and O–H groups in total. The van der Waals surface area contributed by atoms with Crippen LogP contribution in [-0.4, -0.2) is 22.3 Å². The molecule has 6 heteroatoms. The predicted molar refractivity (Wildman–Crippen MR) is 124 cm³/mol. The van der Waals surface area contributed by atoms with E-state index in [4.69, 9.17) is 21.4 Å². The van der Waals surface area contributed by atoms with Gasteiger partial charge in [0.25, 0.3) is 0 Å². The summed E-state index contributed by atoms with van der Waals surface area (Å²) in [5.74, 6) is 1.26. The van der Waals surface area contributed by atoms with E-state index in [1.165, 1.54) is 0 Å². The fourth-order valence-corrected chi connectivity index (χ4v) is 3.39.